The molecular formula is C14H17N3O4. The van der Waals surface area contributed by atoms with Crippen molar-refractivity contribution in [1.29, 1.82) is 0 Å². The molecule has 0 amide bonds. The highest BCUT2D eigenvalue weighted by atomic mass is 16.6. The SMILES string of the molecule is CCn1nc(C)c([N+](=O)[O-])c1Oc1ccc(CCO)cc1. The average molecular weight is 291 g/mol. The van der Waals surface area contributed by atoms with Gasteiger partial charge in [0.15, 0.2) is 0 Å². The van der Waals surface area contributed by atoms with Crippen molar-refractivity contribution in [3.63, 3.8) is 0 Å². The van der Waals surface area contributed by atoms with Crippen molar-refractivity contribution in [1.82, 2.24) is 9.78 Å². The van der Waals surface area contributed by atoms with Gasteiger partial charge in [-0.1, -0.05) is 12.1 Å². The molecule has 0 atom stereocenters. The summed E-state index contributed by atoms with van der Waals surface area (Å²) in [6, 6.07) is 7.07. The Bertz CT molecular complexity index is 634. The number of aliphatic hydroxyl groups excluding tert-OH is 1. The Balaban J connectivity index is 2.32. The zero-order valence-corrected chi connectivity index (χ0v) is 11.9. The van der Waals surface area contributed by atoms with Gasteiger partial charge in [-0.25, -0.2) is 4.68 Å². The number of rotatable bonds is 6. The van der Waals surface area contributed by atoms with Gasteiger partial charge in [0.2, 0.25) is 0 Å². The molecular weight excluding hydrogens is 274 g/mol. The molecule has 7 nitrogen and oxygen atoms in total. The quantitative estimate of drug-likeness (QED) is 0.652. The molecule has 0 radical (unpaired) electrons. The number of hydrogen-bond acceptors (Lipinski definition) is 5. The molecule has 0 saturated carbocycles. The van der Waals surface area contributed by atoms with Crippen LogP contribution in [-0.2, 0) is 13.0 Å². The lowest BCUT2D eigenvalue weighted by molar-refractivity contribution is -0.386. The van der Waals surface area contributed by atoms with Crippen molar-refractivity contribution < 1.29 is 14.8 Å². The molecule has 2 aromatic rings. The predicted octanol–water partition coefficient (Wildman–Crippen LogP) is 2.45. The van der Waals surface area contributed by atoms with E-state index >= 15 is 0 Å². The fraction of sp³-hybridized carbons (Fsp3) is 0.357. The van der Waals surface area contributed by atoms with Gasteiger partial charge in [0.1, 0.15) is 11.4 Å². The molecule has 0 unspecified atom stereocenters. The van der Waals surface area contributed by atoms with Crippen molar-refractivity contribution in [2.24, 2.45) is 0 Å². The highest BCUT2D eigenvalue weighted by Gasteiger charge is 2.26. The van der Waals surface area contributed by atoms with Crippen LogP contribution in [0.4, 0.5) is 5.69 Å². The molecule has 0 saturated heterocycles. The smallest absolute Gasteiger partial charge is 0.353 e. The second-order valence-electron chi connectivity index (χ2n) is 4.53. The third kappa shape index (κ3) is 3.19. The summed E-state index contributed by atoms with van der Waals surface area (Å²) in [5.41, 5.74) is 1.18. The van der Waals surface area contributed by atoms with Crippen molar-refractivity contribution >= 4 is 5.69 Å². The molecule has 1 heterocycles. The van der Waals surface area contributed by atoms with Crippen LogP contribution in [0.15, 0.2) is 24.3 Å². The molecule has 0 aliphatic carbocycles. The normalized spacial score (nSPS) is 10.6. The van der Waals surface area contributed by atoms with Crippen LogP contribution in [0.3, 0.4) is 0 Å². The van der Waals surface area contributed by atoms with Gasteiger partial charge in [0, 0.05) is 13.2 Å². The van der Waals surface area contributed by atoms with E-state index in [1.165, 1.54) is 4.68 Å². The van der Waals surface area contributed by atoms with Gasteiger partial charge >= 0.3 is 5.69 Å². The summed E-state index contributed by atoms with van der Waals surface area (Å²) in [6.07, 6.45) is 0.562. The maximum absolute atomic E-state index is 11.1. The lowest BCUT2D eigenvalue weighted by Gasteiger charge is -2.07. The summed E-state index contributed by atoms with van der Waals surface area (Å²) in [7, 11) is 0. The number of nitrogens with zero attached hydrogens (tertiary/aromatic N) is 3. The Morgan fingerprint density at radius 3 is 2.57 bits per heavy atom. The second-order valence-corrected chi connectivity index (χ2v) is 4.53. The van der Waals surface area contributed by atoms with Gasteiger partial charge in [-0.05, 0) is 38.0 Å². The number of aryl methyl sites for hydroxylation is 2. The lowest BCUT2D eigenvalue weighted by atomic mass is 10.1. The minimum atomic E-state index is -0.482. The van der Waals surface area contributed by atoms with Gasteiger partial charge < -0.3 is 9.84 Å². The van der Waals surface area contributed by atoms with E-state index in [9.17, 15) is 10.1 Å². The Labute approximate surface area is 121 Å². The zero-order valence-electron chi connectivity index (χ0n) is 11.9. The summed E-state index contributed by atoms with van der Waals surface area (Å²) < 4.78 is 7.11. The number of nitro groups is 1. The number of aliphatic hydroxyl groups is 1. The van der Waals surface area contributed by atoms with E-state index in [1.54, 1.807) is 19.1 Å². The topological polar surface area (TPSA) is 90.4 Å². The van der Waals surface area contributed by atoms with Crippen LogP contribution in [-0.4, -0.2) is 26.4 Å². The predicted molar refractivity (Wildman–Crippen MR) is 76.6 cm³/mol. The highest BCUT2D eigenvalue weighted by molar-refractivity contribution is 5.48. The Hall–Kier alpha value is -2.41. The zero-order chi connectivity index (χ0) is 15.4. The first-order valence-electron chi connectivity index (χ1n) is 6.66. The summed E-state index contributed by atoms with van der Waals surface area (Å²) in [5, 5.41) is 24.1. The minimum Gasteiger partial charge on any atom is -0.434 e. The molecule has 2 rings (SSSR count). The third-order valence-corrected chi connectivity index (χ3v) is 3.07. The number of benzene rings is 1. The van der Waals surface area contributed by atoms with Crippen molar-refractivity contribution in [3.05, 3.63) is 45.6 Å². The molecule has 0 aliphatic rings. The first kappa shape index (κ1) is 15.0. The lowest BCUT2D eigenvalue weighted by Crippen LogP contribution is -2.01. The van der Waals surface area contributed by atoms with Crippen LogP contribution in [0.5, 0.6) is 11.6 Å². The van der Waals surface area contributed by atoms with Gasteiger partial charge in [-0.15, -0.1) is 0 Å². The van der Waals surface area contributed by atoms with E-state index in [-0.39, 0.29) is 18.2 Å². The Morgan fingerprint density at radius 2 is 2.05 bits per heavy atom. The van der Waals surface area contributed by atoms with Crippen molar-refractivity contribution in [2.75, 3.05) is 6.61 Å². The standard InChI is InChI=1S/C14H17N3O4/c1-3-16-14(13(17(19)20)10(2)15-16)21-12-6-4-11(5-7-12)8-9-18/h4-7,18H,3,8-9H2,1-2H3. The maximum Gasteiger partial charge on any atom is 0.353 e. The molecule has 0 aliphatic heterocycles. The van der Waals surface area contributed by atoms with Gasteiger partial charge in [-0.3, -0.25) is 10.1 Å². The van der Waals surface area contributed by atoms with Crippen LogP contribution < -0.4 is 4.74 Å². The van der Waals surface area contributed by atoms with Crippen LogP contribution >= 0.6 is 0 Å². The van der Waals surface area contributed by atoms with E-state index in [4.69, 9.17) is 9.84 Å². The van der Waals surface area contributed by atoms with Gasteiger partial charge in [0.25, 0.3) is 5.88 Å². The summed E-state index contributed by atoms with van der Waals surface area (Å²) in [4.78, 5) is 10.7. The van der Waals surface area contributed by atoms with E-state index in [0.29, 0.717) is 24.4 Å². The number of ether oxygens (including phenoxy) is 1. The maximum atomic E-state index is 11.1. The third-order valence-electron chi connectivity index (χ3n) is 3.07. The van der Waals surface area contributed by atoms with Crippen molar-refractivity contribution in [2.45, 2.75) is 26.8 Å². The minimum absolute atomic E-state index is 0.0769. The van der Waals surface area contributed by atoms with E-state index in [1.807, 2.05) is 19.1 Å². The Kier molecular flexibility index (Phi) is 4.54. The largest absolute Gasteiger partial charge is 0.434 e. The van der Waals surface area contributed by atoms with Crippen LogP contribution in [0.2, 0.25) is 0 Å². The number of hydrogen-bond donors (Lipinski definition) is 1. The van der Waals surface area contributed by atoms with Crippen molar-refractivity contribution in [3.8, 4) is 11.6 Å². The molecule has 1 N–H and O–H groups in total. The summed E-state index contributed by atoms with van der Waals surface area (Å²) in [6.45, 7) is 3.98. The van der Waals surface area contributed by atoms with Gasteiger partial charge in [0.05, 0.1) is 4.92 Å². The number of aromatic nitrogens is 2. The van der Waals surface area contributed by atoms with Crippen LogP contribution in [0.1, 0.15) is 18.2 Å². The van der Waals surface area contributed by atoms with E-state index in [0.717, 1.165) is 5.56 Å². The average Bonchev–Trinajstić information content (AvgIpc) is 2.77. The molecule has 0 fully saturated rings. The fourth-order valence-corrected chi connectivity index (χ4v) is 2.04. The molecule has 0 bridgehead atoms. The molecule has 21 heavy (non-hydrogen) atoms. The molecule has 7 heteroatoms. The monoisotopic (exact) mass is 291 g/mol. The summed E-state index contributed by atoms with van der Waals surface area (Å²) in [5.74, 6) is 0.629. The van der Waals surface area contributed by atoms with E-state index in [2.05, 4.69) is 5.10 Å². The van der Waals surface area contributed by atoms with Crippen LogP contribution in [0, 0.1) is 17.0 Å². The molecule has 1 aromatic carbocycles. The molecule has 0 spiro atoms. The summed E-state index contributed by atoms with van der Waals surface area (Å²) >= 11 is 0. The molecule has 1 aromatic heterocycles. The highest BCUT2D eigenvalue weighted by Crippen LogP contribution is 2.34. The molecule has 112 valence electrons. The second kappa shape index (κ2) is 6.36. The first-order valence-corrected chi connectivity index (χ1v) is 6.66. The van der Waals surface area contributed by atoms with Gasteiger partial charge in [-0.2, -0.15) is 5.10 Å². The fourth-order valence-electron chi connectivity index (χ4n) is 2.04. The Morgan fingerprint density at radius 1 is 1.38 bits per heavy atom. The first-order chi connectivity index (χ1) is 10.1. The van der Waals surface area contributed by atoms with E-state index < -0.39 is 4.92 Å². The van der Waals surface area contributed by atoms with Crippen LogP contribution in [0.25, 0.3) is 0 Å².